The molecule has 1 atom stereocenters. The Hall–Kier alpha value is -1.23. The van der Waals surface area contributed by atoms with Gasteiger partial charge in [0.05, 0.1) is 0 Å². The third kappa shape index (κ3) is 4.22. The molecule has 0 aliphatic carbocycles. The molecule has 1 unspecified atom stereocenters. The molecule has 0 aliphatic heterocycles. The molecule has 100 valence electrons. The molecule has 2 N–H and O–H groups in total. The Morgan fingerprint density at radius 1 is 1.50 bits per heavy atom. The van der Waals surface area contributed by atoms with Crippen LogP contribution in [0.15, 0.2) is 12.1 Å². The van der Waals surface area contributed by atoms with E-state index in [1.54, 1.807) is 24.9 Å². The van der Waals surface area contributed by atoms with E-state index >= 15 is 0 Å². The summed E-state index contributed by atoms with van der Waals surface area (Å²) < 4.78 is 0. The van der Waals surface area contributed by atoms with Crippen LogP contribution in [0.5, 0.6) is 0 Å². The maximum atomic E-state index is 12.1. The van der Waals surface area contributed by atoms with Gasteiger partial charge in [0.15, 0.2) is 0 Å². The Balaban J connectivity index is 2.84. The van der Waals surface area contributed by atoms with Crippen molar-refractivity contribution in [3.05, 3.63) is 23.4 Å². The summed E-state index contributed by atoms with van der Waals surface area (Å²) in [7, 11) is 1.81. The maximum Gasteiger partial charge on any atom is 0.251 e. The van der Waals surface area contributed by atoms with Crippen molar-refractivity contribution in [2.45, 2.75) is 26.3 Å². The lowest BCUT2D eigenvalue weighted by Gasteiger charge is -2.13. The number of pyridine rings is 1. The number of hydrogen-bond donors (Lipinski definition) is 2. The lowest BCUT2D eigenvalue weighted by atomic mass is 10.1. The lowest BCUT2D eigenvalue weighted by Crippen LogP contribution is -2.34. The van der Waals surface area contributed by atoms with Crippen molar-refractivity contribution < 1.29 is 4.79 Å². The fourth-order valence-corrected chi connectivity index (χ4v) is 2.21. The van der Waals surface area contributed by atoms with Gasteiger partial charge in [-0.05, 0) is 31.7 Å². The Labute approximate surface area is 113 Å². The van der Waals surface area contributed by atoms with Crippen LogP contribution in [0.3, 0.4) is 0 Å². The Bertz CT molecular complexity index is 387. The minimum atomic E-state index is -0.0369. The highest BCUT2D eigenvalue weighted by atomic mass is 32.2. The minimum absolute atomic E-state index is 0.0369. The van der Waals surface area contributed by atoms with E-state index in [-0.39, 0.29) is 11.9 Å². The number of anilines is 1. The lowest BCUT2D eigenvalue weighted by molar-refractivity contribution is 0.0943. The van der Waals surface area contributed by atoms with Crippen LogP contribution in [0.2, 0.25) is 0 Å². The van der Waals surface area contributed by atoms with Gasteiger partial charge >= 0.3 is 0 Å². The van der Waals surface area contributed by atoms with Crippen molar-refractivity contribution in [1.82, 2.24) is 10.3 Å². The van der Waals surface area contributed by atoms with Crippen LogP contribution in [-0.2, 0) is 6.42 Å². The molecule has 1 aromatic heterocycles. The number of rotatable bonds is 6. The zero-order chi connectivity index (χ0) is 13.5. The Kier molecular flexibility index (Phi) is 5.98. The second-order valence-electron chi connectivity index (χ2n) is 4.17. The molecule has 4 nitrogen and oxygen atoms in total. The molecule has 1 aromatic rings. The fraction of sp³-hybridized carbons (Fsp3) is 0.538. The van der Waals surface area contributed by atoms with E-state index < -0.39 is 0 Å². The van der Waals surface area contributed by atoms with Gasteiger partial charge < -0.3 is 10.6 Å². The first-order chi connectivity index (χ1) is 8.60. The number of hydrogen-bond acceptors (Lipinski definition) is 4. The zero-order valence-electron chi connectivity index (χ0n) is 11.4. The van der Waals surface area contributed by atoms with Crippen molar-refractivity contribution in [2.75, 3.05) is 24.4 Å². The van der Waals surface area contributed by atoms with Gasteiger partial charge in [-0.15, -0.1) is 0 Å². The van der Waals surface area contributed by atoms with Crippen LogP contribution in [0.25, 0.3) is 0 Å². The number of nitrogens with one attached hydrogen (secondary N) is 2. The van der Waals surface area contributed by atoms with Crippen LogP contribution in [0.1, 0.15) is 29.9 Å². The fourth-order valence-electron chi connectivity index (χ4n) is 1.63. The number of aromatic nitrogens is 1. The molecule has 0 saturated carbocycles. The van der Waals surface area contributed by atoms with Crippen molar-refractivity contribution in [3.8, 4) is 0 Å². The predicted molar refractivity (Wildman–Crippen MR) is 78.5 cm³/mol. The monoisotopic (exact) mass is 267 g/mol. The molecule has 0 aromatic carbocycles. The number of carbonyl (C=O) groups excluding carboxylic acids is 1. The summed E-state index contributed by atoms with van der Waals surface area (Å²) >= 11 is 1.72. The van der Waals surface area contributed by atoms with Crippen molar-refractivity contribution in [2.24, 2.45) is 0 Å². The molecule has 5 heteroatoms. The number of amides is 1. The second kappa shape index (κ2) is 7.26. The van der Waals surface area contributed by atoms with E-state index in [2.05, 4.69) is 15.6 Å². The van der Waals surface area contributed by atoms with Gasteiger partial charge in [-0.3, -0.25) is 4.79 Å². The van der Waals surface area contributed by atoms with Crippen LogP contribution >= 0.6 is 11.8 Å². The summed E-state index contributed by atoms with van der Waals surface area (Å²) in [6.45, 7) is 4.04. The van der Waals surface area contributed by atoms with Crippen molar-refractivity contribution in [1.29, 1.82) is 0 Å². The summed E-state index contributed by atoms with van der Waals surface area (Å²) in [4.78, 5) is 16.5. The maximum absolute atomic E-state index is 12.1. The highest BCUT2D eigenvalue weighted by Crippen LogP contribution is 2.11. The van der Waals surface area contributed by atoms with Gasteiger partial charge in [0.2, 0.25) is 0 Å². The zero-order valence-corrected chi connectivity index (χ0v) is 12.2. The molecule has 0 radical (unpaired) electrons. The van der Waals surface area contributed by atoms with Crippen LogP contribution in [-0.4, -0.2) is 36.0 Å². The molecule has 18 heavy (non-hydrogen) atoms. The number of aryl methyl sites for hydroxylation is 1. The van der Waals surface area contributed by atoms with E-state index in [0.717, 1.165) is 23.7 Å². The molecule has 1 heterocycles. The summed E-state index contributed by atoms with van der Waals surface area (Å²) in [5.74, 6) is 1.61. The Morgan fingerprint density at radius 3 is 2.78 bits per heavy atom. The van der Waals surface area contributed by atoms with E-state index in [4.69, 9.17) is 0 Å². The molecule has 0 spiro atoms. The molecule has 0 bridgehead atoms. The first-order valence-corrected chi connectivity index (χ1v) is 7.48. The summed E-state index contributed by atoms with van der Waals surface area (Å²) in [5.41, 5.74) is 1.59. The standard InChI is InChI=1S/C13H21N3OS/c1-5-11-6-10(7-12(14-3)16-11)13(17)15-9(2)8-18-4/h6-7,9H,5,8H2,1-4H3,(H,14,16)(H,15,17). The number of thioether (sulfide) groups is 1. The predicted octanol–water partition coefficient (Wildman–Crippen LogP) is 2.17. The van der Waals surface area contributed by atoms with Crippen molar-refractivity contribution >= 4 is 23.5 Å². The first kappa shape index (κ1) is 14.8. The molecule has 0 fully saturated rings. The third-order valence-corrected chi connectivity index (χ3v) is 3.39. The molecular formula is C13H21N3OS. The van der Waals surface area contributed by atoms with E-state index in [1.807, 2.05) is 26.2 Å². The van der Waals surface area contributed by atoms with Gasteiger partial charge in [-0.25, -0.2) is 4.98 Å². The highest BCUT2D eigenvalue weighted by Gasteiger charge is 2.11. The normalized spacial score (nSPS) is 12.0. The number of carbonyl (C=O) groups is 1. The van der Waals surface area contributed by atoms with E-state index in [1.165, 1.54) is 0 Å². The van der Waals surface area contributed by atoms with E-state index in [9.17, 15) is 4.79 Å². The molecule has 0 aliphatic rings. The summed E-state index contributed by atoms with van der Waals surface area (Å²) in [6, 6.07) is 3.80. The highest BCUT2D eigenvalue weighted by molar-refractivity contribution is 7.98. The third-order valence-electron chi connectivity index (χ3n) is 2.55. The topological polar surface area (TPSA) is 54.0 Å². The average Bonchev–Trinajstić information content (AvgIpc) is 2.38. The molecular weight excluding hydrogens is 246 g/mol. The van der Waals surface area contributed by atoms with Crippen LogP contribution in [0.4, 0.5) is 5.82 Å². The second-order valence-corrected chi connectivity index (χ2v) is 5.08. The summed E-state index contributed by atoms with van der Waals surface area (Å²) in [6.07, 6.45) is 2.85. The van der Waals surface area contributed by atoms with Crippen LogP contribution < -0.4 is 10.6 Å². The smallest absolute Gasteiger partial charge is 0.251 e. The van der Waals surface area contributed by atoms with Crippen LogP contribution in [0, 0.1) is 0 Å². The van der Waals surface area contributed by atoms with Gasteiger partial charge in [0.1, 0.15) is 5.82 Å². The van der Waals surface area contributed by atoms with E-state index in [0.29, 0.717) is 5.56 Å². The molecule has 0 saturated heterocycles. The largest absolute Gasteiger partial charge is 0.373 e. The van der Waals surface area contributed by atoms with Gasteiger partial charge in [0.25, 0.3) is 5.91 Å². The molecule has 1 rings (SSSR count). The first-order valence-electron chi connectivity index (χ1n) is 6.09. The summed E-state index contributed by atoms with van der Waals surface area (Å²) in [5, 5.41) is 5.96. The SMILES string of the molecule is CCc1cc(C(=O)NC(C)CSC)cc(NC)n1. The quantitative estimate of drug-likeness (QED) is 0.829. The average molecular weight is 267 g/mol. The van der Waals surface area contributed by atoms with Crippen molar-refractivity contribution in [3.63, 3.8) is 0 Å². The van der Waals surface area contributed by atoms with Gasteiger partial charge in [0, 0.05) is 30.1 Å². The molecule has 1 amide bonds. The van der Waals surface area contributed by atoms with Gasteiger partial charge in [-0.1, -0.05) is 6.92 Å². The number of nitrogens with zero attached hydrogens (tertiary/aromatic N) is 1. The minimum Gasteiger partial charge on any atom is -0.373 e. The van der Waals surface area contributed by atoms with Gasteiger partial charge in [-0.2, -0.15) is 11.8 Å². The Morgan fingerprint density at radius 2 is 2.22 bits per heavy atom.